The summed E-state index contributed by atoms with van der Waals surface area (Å²) in [5.74, 6) is -0.522. The van der Waals surface area contributed by atoms with Crippen molar-refractivity contribution in [1.29, 1.82) is 0 Å². The number of anilines is 2. The van der Waals surface area contributed by atoms with Gasteiger partial charge in [0.25, 0.3) is 11.8 Å². The van der Waals surface area contributed by atoms with E-state index in [2.05, 4.69) is 16.0 Å². The molecule has 0 saturated heterocycles. The highest BCUT2D eigenvalue weighted by molar-refractivity contribution is 5.98. The first-order chi connectivity index (χ1) is 16.6. The van der Waals surface area contributed by atoms with Crippen molar-refractivity contribution in [2.24, 2.45) is 0 Å². The topological polar surface area (TPSA) is 90.5 Å². The molecule has 0 spiro atoms. The minimum Gasteiger partial charge on any atom is -0.376 e. The highest BCUT2D eigenvalue weighted by Crippen LogP contribution is 2.15. The van der Waals surface area contributed by atoms with Gasteiger partial charge in [-0.1, -0.05) is 36.4 Å². The molecule has 3 aromatic rings. The average Bonchev–Trinajstić information content (AvgIpc) is 2.82. The van der Waals surface area contributed by atoms with E-state index in [0.717, 1.165) is 11.3 Å². The van der Waals surface area contributed by atoms with Gasteiger partial charge in [-0.05, 0) is 68.8 Å². The molecular formula is C28H32N4O3. The third-order valence-corrected chi connectivity index (χ3v) is 5.09. The van der Waals surface area contributed by atoms with Gasteiger partial charge in [0.15, 0.2) is 0 Å². The molecule has 3 aromatic carbocycles. The number of nitrogens with one attached hydrogen (secondary N) is 3. The van der Waals surface area contributed by atoms with Gasteiger partial charge in [-0.25, -0.2) is 0 Å². The fraction of sp³-hybridized carbons (Fsp3) is 0.250. The number of carbonyl (C=O) groups is 3. The van der Waals surface area contributed by atoms with Crippen LogP contribution in [-0.2, 0) is 11.3 Å². The molecule has 0 atom stereocenters. The molecule has 182 valence electrons. The van der Waals surface area contributed by atoms with Gasteiger partial charge in [0.1, 0.15) is 0 Å². The summed E-state index contributed by atoms with van der Waals surface area (Å²) < 4.78 is 0. The summed E-state index contributed by atoms with van der Waals surface area (Å²) in [4.78, 5) is 39.1. The molecule has 0 aliphatic rings. The van der Waals surface area contributed by atoms with Gasteiger partial charge in [-0.15, -0.1) is 0 Å². The van der Waals surface area contributed by atoms with E-state index in [1.54, 1.807) is 60.5 Å². The fourth-order valence-corrected chi connectivity index (χ4v) is 3.42. The quantitative estimate of drug-likeness (QED) is 0.449. The largest absolute Gasteiger partial charge is 0.376 e. The standard InChI is InChI=1S/C28H32N4O3/c1-28(2,3)31-26(34)21-13-15-23(16-14-21)29-18-25(33)30-24-12-8-11-22(17-24)27(35)32(4)19-20-9-6-5-7-10-20/h5-17,29H,18-19H2,1-4H3,(H,30,33)(H,31,34). The number of hydrogen-bond acceptors (Lipinski definition) is 4. The predicted octanol–water partition coefficient (Wildman–Crippen LogP) is 4.54. The summed E-state index contributed by atoms with van der Waals surface area (Å²) in [6.07, 6.45) is 0. The van der Waals surface area contributed by atoms with Crippen molar-refractivity contribution in [3.63, 3.8) is 0 Å². The zero-order valence-corrected chi connectivity index (χ0v) is 20.6. The van der Waals surface area contributed by atoms with Crippen LogP contribution < -0.4 is 16.0 Å². The molecule has 3 N–H and O–H groups in total. The third kappa shape index (κ3) is 7.99. The van der Waals surface area contributed by atoms with Crippen LogP contribution in [0, 0.1) is 0 Å². The second-order valence-electron chi connectivity index (χ2n) is 9.41. The van der Waals surface area contributed by atoms with Crippen LogP contribution in [0.2, 0.25) is 0 Å². The van der Waals surface area contributed by atoms with E-state index in [1.807, 2.05) is 51.1 Å². The average molecular weight is 473 g/mol. The Hall–Kier alpha value is -4.13. The minimum absolute atomic E-state index is 0.0413. The Labute approximate surface area is 206 Å². The van der Waals surface area contributed by atoms with Crippen molar-refractivity contribution in [2.75, 3.05) is 24.2 Å². The van der Waals surface area contributed by atoms with E-state index in [0.29, 0.717) is 23.4 Å². The Morgan fingerprint density at radius 1 is 0.800 bits per heavy atom. The molecule has 3 rings (SSSR count). The van der Waals surface area contributed by atoms with Gasteiger partial charge in [0.2, 0.25) is 5.91 Å². The van der Waals surface area contributed by atoms with Crippen molar-refractivity contribution >= 4 is 29.1 Å². The summed E-state index contributed by atoms with van der Waals surface area (Å²) in [5, 5.41) is 8.77. The number of amides is 3. The molecule has 0 aliphatic carbocycles. The van der Waals surface area contributed by atoms with Gasteiger partial charge in [0.05, 0.1) is 6.54 Å². The number of hydrogen-bond donors (Lipinski definition) is 3. The van der Waals surface area contributed by atoms with Crippen molar-refractivity contribution in [3.8, 4) is 0 Å². The van der Waals surface area contributed by atoms with Crippen LogP contribution in [0.1, 0.15) is 47.1 Å². The first kappa shape index (κ1) is 25.5. The molecule has 35 heavy (non-hydrogen) atoms. The maximum Gasteiger partial charge on any atom is 0.253 e. The number of rotatable bonds is 8. The maximum absolute atomic E-state index is 12.8. The summed E-state index contributed by atoms with van der Waals surface area (Å²) in [5.41, 5.74) is 3.04. The molecule has 3 amide bonds. The predicted molar refractivity (Wildman–Crippen MR) is 139 cm³/mol. The molecule has 0 radical (unpaired) electrons. The van der Waals surface area contributed by atoms with Crippen LogP contribution in [-0.4, -0.2) is 41.8 Å². The lowest BCUT2D eigenvalue weighted by Gasteiger charge is -2.20. The highest BCUT2D eigenvalue weighted by atomic mass is 16.2. The zero-order chi connectivity index (χ0) is 25.4. The van der Waals surface area contributed by atoms with Crippen LogP contribution in [0.4, 0.5) is 11.4 Å². The Kier molecular flexibility index (Phi) is 8.25. The second-order valence-corrected chi connectivity index (χ2v) is 9.41. The second kappa shape index (κ2) is 11.3. The van der Waals surface area contributed by atoms with Crippen molar-refractivity contribution in [2.45, 2.75) is 32.9 Å². The Balaban J connectivity index is 1.53. The van der Waals surface area contributed by atoms with Crippen molar-refractivity contribution < 1.29 is 14.4 Å². The van der Waals surface area contributed by atoms with E-state index in [4.69, 9.17) is 0 Å². The molecule has 0 fully saturated rings. The Morgan fingerprint density at radius 3 is 2.14 bits per heavy atom. The van der Waals surface area contributed by atoms with Gasteiger partial charge < -0.3 is 20.9 Å². The van der Waals surface area contributed by atoms with Crippen LogP contribution in [0.5, 0.6) is 0 Å². The minimum atomic E-state index is -0.314. The van der Waals surface area contributed by atoms with Crippen molar-refractivity contribution in [3.05, 3.63) is 95.6 Å². The first-order valence-electron chi connectivity index (χ1n) is 11.5. The summed E-state index contributed by atoms with van der Waals surface area (Å²) in [6.45, 7) is 6.31. The van der Waals surface area contributed by atoms with Gasteiger partial charge in [0, 0.05) is 41.6 Å². The molecule has 0 bridgehead atoms. The van der Waals surface area contributed by atoms with Gasteiger partial charge in [-0.2, -0.15) is 0 Å². The number of carbonyl (C=O) groups excluding carboxylic acids is 3. The van der Waals surface area contributed by atoms with E-state index < -0.39 is 0 Å². The molecule has 0 heterocycles. The van der Waals surface area contributed by atoms with Crippen LogP contribution in [0.15, 0.2) is 78.9 Å². The molecule has 7 heteroatoms. The molecule has 0 aliphatic heterocycles. The lowest BCUT2D eigenvalue weighted by molar-refractivity contribution is -0.114. The van der Waals surface area contributed by atoms with Crippen molar-refractivity contribution in [1.82, 2.24) is 10.2 Å². The smallest absolute Gasteiger partial charge is 0.253 e. The van der Waals surface area contributed by atoms with Crippen LogP contribution >= 0.6 is 0 Å². The number of benzene rings is 3. The van der Waals surface area contributed by atoms with E-state index in [-0.39, 0.29) is 29.8 Å². The fourth-order valence-electron chi connectivity index (χ4n) is 3.42. The van der Waals surface area contributed by atoms with E-state index in [1.165, 1.54) is 0 Å². The lowest BCUT2D eigenvalue weighted by Crippen LogP contribution is -2.40. The first-order valence-corrected chi connectivity index (χ1v) is 11.5. The Morgan fingerprint density at radius 2 is 1.49 bits per heavy atom. The van der Waals surface area contributed by atoms with Gasteiger partial charge in [-0.3, -0.25) is 14.4 Å². The molecule has 7 nitrogen and oxygen atoms in total. The maximum atomic E-state index is 12.8. The molecule has 0 saturated carbocycles. The normalized spacial score (nSPS) is 10.9. The van der Waals surface area contributed by atoms with Gasteiger partial charge >= 0.3 is 0 Å². The highest BCUT2D eigenvalue weighted by Gasteiger charge is 2.15. The molecular weight excluding hydrogens is 440 g/mol. The summed E-state index contributed by atoms with van der Waals surface area (Å²) >= 11 is 0. The van der Waals surface area contributed by atoms with E-state index in [9.17, 15) is 14.4 Å². The van der Waals surface area contributed by atoms with Crippen LogP contribution in [0.3, 0.4) is 0 Å². The summed E-state index contributed by atoms with van der Waals surface area (Å²) in [6, 6.07) is 23.6. The summed E-state index contributed by atoms with van der Waals surface area (Å²) in [7, 11) is 1.75. The SMILES string of the molecule is CN(Cc1ccccc1)C(=O)c1cccc(NC(=O)CNc2ccc(C(=O)NC(C)(C)C)cc2)c1. The third-order valence-electron chi connectivity index (χ3n) is 5.09. The molecule has 0 aromatic heterocycles. The molecule has 0 unspecified atom stereocenters. The zero-order valence-electron chi connectivity index (χ0n) is 20.6. The lowest BCUT2D eigenvalue weighted by atomic mass is 10.1. The van der Waals surface area contributed by atoms with Crippen LogP contribution in [0.25, 0.3) is 0 Å². The van der Waals surface area contributed by atoms with E-state index >= 15 is 0 Å². The monoisotopic (exact) mass is 472 g/mol. The Bertz CT molecular complexity index is 1170. The number of nitrogens with zero attached hydrogens (tertiary/aromatic N) is 1.